The number of nitrogens with one attached hydrogen (secondary N) is 1. The van der Waals surface area contributed by atoms with Crippen LogP contribution in [0.15, 0.2) is 53.6 Å². The predicted molar refractivity (Wildman–Crippen MR) is 120 cm³/mol. The van der Waals surface area contributed by atoms with Crippen molar-refractivity contribution in [1.29, 1.82) is 0 Å². The molecule has 1 aromatic carbocycles. The number of carbonyl (C=O) groups excluding carboxylic acids is 1. The Morgan fingerprint density at radius 3 is 2.55 bits per heavy atom. The molecule has 0 radical (unpaired) electrons. The molecule has 0 aliphatic heterocycles. The van der Waals surface area contributed by atoms with Gasteiger partial charge in [-0.25, -0.2) is 19.1 Å². The summed E-state index contributed by atoms with van der Waals surface area (Å²) in [6.07, 6.45) is 0. The number of aryl methyl sites for hydroxylation is 1. The maximum Gasteiger partial charge on any atom is 0.281 e. The molecule has 1 N–H and O–H groups in total. The molecule has 2 aromatic heterocycles. The molecule has 0 spiro atoms. The Morgan fingerprint density at radius 2 is 1.88 bits per heavy atom. The molecule has 0 saturated heterocycles. The van der Waals surface area contributed by atoms with E-state index in [0.29, 0.717) is 29.3 Å². The lowest BCUT2D eigenvalue weighted by molar-refractivity contribution is 0.0977. The van der Waals surface area contributed by atoms with Gasteiger partial charge in [-0.2, -0.15) is 8.42 Å². The van der Waals surface area contributed by atoms with Crippen molar-refractivity contribution in [1.82, 2.24) is 14.7 Å². The van der Waals surface area contributed by atoms with Crippen LogP contribution in [0.1, 0.15) is 29.9 Å². The first-order valence-corrected chi connectivity index (χ1v) is 11.6. The second kappa shape index (κ2) is 9.95. The van der Waals surface area contributed by atoms with Gasteiger partial charge in [0, 0.05) is 17.3 Å². The average molecular weight is 474 g/mol. The van der Waals surface area contributed by atoms with Gasteiger partial charge in [0.25, 0.3) is 15.9 Å². The van der Waals surface area contributed by atoms with Crippen molar-refractivity contribution in [3.05, 3.63) is 65.6 Å². The number of hydrogen-bond donors (Lipinski definition) is 1. The van der Waals surface area contributed by atoms with E-state index in [2.05, 4.69) is 9.97 Å². The fraction of sp³-hybridized carbons (Fsp3) is 0.261. The first-order chi connectivity index (χ1) is 15.6. The summed E-state index contributed by atoms with van der Waals surface area (Å²) in [5.74, 6) is -0.955. The summed E-state index contributed by atoms with van der Waals surface area (Å²) in [6, 6.07) is 11.4. The summed E-state index contributed by atoms with van der Waals surface area (Å²) >= 11 is 0. The Labute approximate surface area is 191 Å². The third-order valence-electron chi connectivity index (χ3n) is 4.41. The molecule has 2 heterocycles. The molecule has 33 heavy (non-hydrogen) atoms. The van der Waals surface area contributed by atoms with E-state index < -0.39 is 21.7 Å². The average Bonchev–Trinajstić information content (AvgIpc) is 2.76. The van der Waals surface area contributed by atoms with Crippen molar-refractivity contribution in [2.75, 3.05) is 13.7 Å². The first kappa shape index (κ1) is 24.1. The van der Waals surface area contributed by atoms with E-state index in [1.165, 1.54) is 43.5 Å². The minimum absolute atomic E-state index is 0.106. The minimum Gasteiger partial charge on any atom is -0.493 e. The molecular weight excluding hydrogens is 449 g/mol. The molecule has 0 bridgehead atoms. The maximum atomic E-state index is 14.1. The molecule has 0 atom stereocenters. The van der Waals surface area contributed by atoms with Gasteiger partial charge in [-0.3, -0.25) is 4.79 Å². The van der Waals surface area contributed by atoms with Gasteiger partial charge in [0.2, 0.25) is 5.88 Å². The zero-order chi connectivity index (χ0) is 24.2. The molecule has 8 nitrogen and oxygen atoms in total. The molecule has 0 saturated carbocycles. The van der Waals surface area contributed by atoms with Gasteiger partial charge < -0.3 is 9.47 Å². The van der Waals surface area contributed by atoms with Crippen LogP contribution < -0.4 is 14.2 Å². The first-order valence-electron chi connectivity index (χ1n) is 10.1. The third-order valence-corrected chi connectivity index (χ3v) is 5.65. The summed E-state index contributed by atoms with van der Waals surface area (Å²) < 4.78 is 52.0. The number of pyridine rings is 2. The predicted octanol–water partition coefficient (Wildman–Crippen LogP) is 3.75. The summed E-state index contributed by atoms with van der Waals surface area (Å²) in [7, 11) is -2.91. The van der Waals surface area contributed by atoms with Crippen LogP contribution in [0, 0.1) is 18.7 Å². The highest BCUT2D eigenvalue weighted by molar-refractivity contribution is 7.90. The SMILES string of the molecule is COc1nc(-c2cc(F)cc(OCC(C)C)c2)ccc1C(=O)NS(=O)(=O)c1cccc(C)n1. The number of benzene rings is 1. The van der Waals surface area contributed by atoms with Gasteiger partial charge in [-0.1, -0.05) is 19.9 Å². The van der Waals surface area contributed by atoms with Crippen LogP contribution in [0.5, 0.6) is 11.6 Å². The second-order valence-corrected chi connectivity index (χ2v) is 9.31. The number of methoxy groups -OCH3 is 1. The number of amides is 1. The van der Waals surface area contributed by atoms with Crippen molar-refractivity contribution < 1.29 is 27.1 Å². The van der Waals surface area contributed by atoms with Gasteiger partial charge >= 0.3 is 0 Å². The van der Waals surface area contributed by atoms with Gasteiger partial charge in [-0.15, -0.1) is 0 Å². The van der Waals surface area contributed by atoms with E-state index in [1.807, 2.05) is 18.6 Å². The quantitative estimate of drug-likeness (QED) is 0.531. The van der Waals surface area contributed by atoms with Crippen molar-refractivity contribution in [3.63, 3.8) is 0 Å². The highest BCUT2D eigenvalue weighted by Gasteiger charge is 2.23. The lowest BCUT2D eigenvalue weighted by Crippen LogP contribution is -2.31. The number of aromatic nitrogens is 2. The van der Waals surface area contributed by atoms with Crippen LogP contribution in [0.2, 0.25) is 0 Å². The molecule has 1 amide bonds. The molecule has 0 aliphatic rings. The molecule has 10 heteroatoms. The highest BCUT2D eigenvalue weighted by atomic mass is 32.2. The number of carbonyl (C=O) groups is 1. The van der Waals surface area contributed by atoms with Crippen LogP contribution in [0.4, 0.5) is 4.39 Å². The zero-order valence-electron chi connectivity index (χ0n) is 18.6. The largest absolute Gasteiger partial charge is 0.493 e. The lowest BCUT2D eigenvalue weighted by atomic mass is 10.1. The Kier molecular flexibility index (Phi) is 7.27. The summed E-state index contributed by atoms with van der Waals surface area (Å²) in [5.41, 5.74) is 1.11. The minimum atomic E-state index is -4.20. The van der Waals surface area contributed by atoms with Gasteiger partial charge in [-0.05, 0) is 49.2 Å². The maximum absolute atomic E-state index is 14.1. The van der Waals surface area contributed by atoms with Crippen LogP contribution >= 0.6 is 0 Å². The molecule has 3 rings (SSSR count). The standard InChI is InChI=1S/C23H24FN3O5S/c1-14(2)13-32-18-11-16(10-17(24)12-18)20-9-8-19(23(26-20)31-4)22(28)27-33(29,30)21-7-5-6-15(3)25-21/h5-12,14H,13H2,1-4H3,(H,27,28). The van der Waals surface area contributed by atoms with E-state index in [4.69, 9.17) is 9.47 Å². The Hall–Kier alpha value is -3.53. The molecular formula is C23H24FN3O5S. The molecule has 174 valence electrons. The normalized spacial score (nSPS) is 11.3. The summed E-state index contributed by atoms with van der Waals surface area (Å²) in [6.45, 7) is 6.01. The monoisotopic (exact) mass is 473 g/mol. The Morgan fingerprint density at radius 1 is 1.12 bits per heavy atom. The van der Waals surface area contributed by atoms with E-state index in [0.717, 1.165) is 0 Å². The van der Waals surface area contributed by atoms with Crippen molar-refractivity contribution >= 4 is 15.9 Å². The molecule has 0 unspecified atom stereocenters. The Bertz CT molecular complexity index is 1280. The number of sulfonamides is 1. The summed E-state index contributed by atoms with van der Waals surface area (Å²) in [4.78, 5) is 20.9. The molecule has 0 aliphatic carbocycles. The van der Waals surface area contributed by atoms with Crippen molar-refractivity contribution in [3.8, 4) is 22.9 Å². The number of ether oxygens (including phenoxy) is 2. The molecule has 3 aromatic rings. The van der Waals surface area contributed by atoms with E-state index in [1.54, 1.807) is 19.1 Å². The summed E-state index contributed by atoms with van der Waals surface area (Å²) in [5, 5.41) is -0.284. The number of nitrogens with zero attached hydrogens (tertiary/aromatic N) is 2. The Balaban J connectivity index is 1.89. The van der Waals surface area contributed by atoms with Crippen LogP contribution in [-0.2, 0) is 10.0 Å². The van der Waals surface area contributed by atoms with Crippen LogP contribution in [0.25, 0.3) is 11.3 Å². The topological polar surface area (TPSA) is 107 Å². The lowest BCUT2D eigenvalue weighted by Gasteiger charge is -2.12. The van der Waals surface area contributed by atoms with Gasteiger partial charge in [0.15, 0.2) is 5.03 Å². The van der Waals surface area contributed by atoms with E-state index in [-0.39, 0.29) is 22.4 Å². The van der Waals surface area contributed by atoms with Crippen LogP contribution in [-0.4, -0.2) is 38.0 Å². The van der Waals surface area contributed by atoms with E-state index in [9.17, 15) is 17.6 Å². The second-order valence-electron chi connectivity index (χ2n) is 7.69. The highest BCUT2D eigenvalue weighted by Crippen LogP contribution is 2.28. The number of halogens is 1. The smallest absolute Gasteiger partial charge is 0.281 e. The molecule has 0 fully saturated rings. The number of rotatable bonds is 8. The van der Waals surface area contributed by atoms with Crippen LogP contribution in [0.3, 0.4) is 0 Å². The van der Waals surface area contributed by atoms with Gasteiger partial charge in [0.1, 0.15) is 17.1 Å². The number of hydrogen-bond acceptors (Lipinski definition) is 7. The zero-order valence-corrected chi connectivity index (χ0v) is 19.4. The van der Waals surface area contributed by atoms with Crippen molar-refractivity contribution in [2.24, 2.45) is 5.92 Å². The van der Waals surface area contributed by atoms with Crippen molar-refractivity contribution in [2.45, 2.75) is 25.8 Å². The third kappa shape index (κ3) is 6.04. The van der Waals surface area contributed by atoms with Gasteiger partial charge in [0.05, 0.1) is 19.4 Å². The van der Waals surface area contributed by atoms with E-state index >= 15 is 0 Å². The fourth-order valence-corrected chi connectivity index (χ4v) is 3.86. The fourth-order valence-electron chi connectivity index (χ4n) is 2.88.